The van der Waals surface area contributed by atoms with Gasteiger partial charge in [-0.15, -0.1) is 10.2 Å². The van der Waals surface area contributed by atoms with Gasteiger partial charge in [0.1, 0.15) is 0 Å². The predicted octanol–water partition coefficient (Wildman–Crippen LogP) is 4.87. The maximum Gasteiger partial charge on any atom is 0.271 e. The fourth-order valence-electron chi connectivity index (χ4n) is 3.12. The third-order valence-corrected chi connectivity index (χ3v) is 6.00. The summed E-state index contributed by atoms with van der Waals surface area (Å²) in [5.74, 6) is -0.302. The van der Waals surface area contributed by atoms with E-state index in [-0.39, 0.29) is 16.6 Å². The Bertz CT molecular complexity index is 1310. The third-order valence-electron chi connectivity index (χ3n) is 4.65. The molecule has 2 aromatic heterocycles. The molecule has 0 spiro atoms. The highest BCUT2D eigenvalue weighted by molar-refractivity contribution is 8.00. The number of hydrogen-bond acceptors (Lipinski definition) is 6. The highest BCUT2D eigenvalue weighted by atomic mass is 35.5. The van der Waals surface area contributed by atoms with Crippen molar-refractivity contribution in [1.29, 1.82) is 0 Å². The number of non-ortho nitro benzene ring substituents is 1. The zero-order chi connectivity index (χ0) is 21.4. The molecule has 1 N–H and O–H groups in total. The van der Waals surface area contributed by atoms with Crippen LogP contribution in [0.25, 0.3) is 16.6 Å². The number of aromatic nitrogens is 3. The Labute approximate surface area is 180 Å². The summed E-state index contributed by atoms with van der Waals surface area (Å²) >= 11 is 7.34. The molecule has 10 heteroatoms. The maximum absolute atomic E-state index is 12.7. The van der Waals surface area contributed by atoms with Gasteiger partial charge in [0.2, 0.25) is 5.91 Å². The normalized spacial score (nSPS) is 12.2. The van der Waals surface area contributed by atoms with Crippen molar-refractivity contribution in [3.05, 3.63) is 69.2 Å². The van der Waals surface area contributed by atoms with Gasteiger partial charge in [-0.2, -0.15) is 0 Å². The van der Waals surface area contributed by atoms with Crippen molar-refractivity contribution in [3.8, 4) is 0 Å². The van der Waals surface area contributed by atoms with E-state index in [2.05, 4.69) is 15.5 Å². The first-order valence-corrected chi connectivity index (χ1v) is 10.3. The molecule has 0 fully saturated rings. The predicted molar refractivity (Wildman–Crippen MR) is 117 cm³/mol. The molecule has 1 amide bonds. The van der Waals surface area contributed by atoms with Crippen LogP contribution in [0.5, 0.6) is 0 Å². The van der Waals surface area contributed by atoms with Crippen LogP contribution in [0.3, 0.4) is 0 Å². The van der Waals surface area contributed by atoms with Crippen molar-refractivity contribution in [1.82, 2.24) is 14.6 Å². The standard InChI is InChI=1S/C20H16ClN5O3S/c1-11-9-18-23-24-20(25(18)17-6-4-3-5-14(11)17)30-12(2)19(27)22-16-8-7-13(26(28)29)10-15(16)21/h3-10,12H,1-2H3,(H,22,27). The Hall–Kier alpha value is -3.17. The largest absolute Gasteiger partial charge is 0.324 e. The second-order valence-electron chi connectivity index (χ2n) is 6.69. The van der Waals surface area contributed by atoms with Gasteiger partial charge in [-0.25, -0.2) is 0 Å². The van der Waals surface area contributed by atoms with Crippen LogP contribution < -0.4 is 5.32 Å². The Morgan fingerprint density at radius 2 is 2.00 bits per heavy atom. The van der Waals surface area contributed by atoms with Crippen LogP contribution in [0, 0.1) is 17.0 Å². The number of rotatable bonds is 5. The summed E-state index contributed by atoms with van der Waals surface area (Å²) in [4.78, 5) is 23.0. The summed E-state index contributed by atoms with van der Waals surface area (Å²) in [6.45, 7) is 3.77. The van der Waals surface area contributed by atoms with E-state index in [0.29, 0.717) is 16.5 Å². The number of pyridine rings is 1. The lowest BCUT2D eigenvalue weighted by molar-refractivity contribution is -0.384. The number of para-hydroxylation sites is 1. The van der Waals surface area contributed by atoms with Gasteiger partial charge in [-0.3, -0.25) is 19.3 Å². The minimum absolute atomic E-state index is 0.101. The van der Waals surface area contributed by atoms with Crippen molar-refractivity contribution in [2.75, 3.05) is 5.32 Å². The molecule has 4 rings (SSSR count). The summed E-state index contributed by atoms with van der Waals surface area (Å²) < 4.78 is 1.93. The summed E-state index contributed by atoms with van der Waals surface area (Å²) in [5, 5.41) is 23.3. The van der Waals surface area contributed by atoms with Crippen molar-refractivity contribution in [2.24, 2.45) is 0 Å². The lowest BCUT2D eigenvalue weighted by Gasteiger charge is -2.13. The maximum atomic E-state index is 12.7. The number of nitrogens with one attached hydrogen (secondary N) is 1. The van der Waals surface area contributed by atoms with Crippen LogP contribution in [0.2, 0.25) is 5.02 Å². The third kappa shape index (κ3) is 3.69. The molecule has 0 saturated heterocycles. The first kappa shape index (κ1) is 20.1. The molecule has 1 atom stereocenters. The van der Waals surface area contributed by atoms with E-state index in [4.69, 9.17) is 11.6 Å². The molecule has 0 bridgehead atoms. The van der Waals surface area contributed by atoms with Crippen LogP contribution in [0.15, 0.2) is 53.7 Å². The van der Waals surface area contributed by atoms with Crippen LogP contribution >= 0.6 is 23.4 Å². The molecule has 1 unspecified atom stereocenters. The van der Waals surface area contributed by atoms with E-state index in [9.17, 15) is 14.9 Å². The first-order chi connectivity index (χ1) is 14.3. The molecule has 0 radical (unpaired) electrons. The van der Waals surface area contributed by atoms with Gasteiger partial charge in [-0.1, -0.05) is 41.6 Å². The number of fused-ring (bicyclic) bond motifs is 3. The van der Waals surface area contributed by atoms with Crippen LogP contribution in [0.1, 0.15) is 12.5 Å². The molecule has 30 heavy (non-hydrogen) atoms. The monoisotopic (exact) mass is 441 g/mol. The number of amides is 1. The number of thioether (sulfide) groups is 1. The summed E-state index contributed by atoms with van der Waals surface area (Å²) in [7, 11) is 0. The Morgan fingerprint density at radius 3 is 2.73 bits per heavy atom. The molecule has 0 aliphatic heterocycles. The number of nitro benzene ring substituents is 1. The minimum Gasteiger partial charge on any atom is -0.324 e. The fraction of sp³-hybridized carbons (Fsp3) is 0.150. The average molecular weight is 442 g/mol. The molecule has 152 valence electrons. The zero-order valence-electron chi connectivity index (χ0n) is 16.0. The zero-order valence-corrected chi connectivity index (χ0v) is 17.6. The highest BCUT2D eigenvalue weighted by Gasteiger charge is 2.21. The topological polar surface area (TPSA) is 102 Å². The number of carbonyl (C=O) groups is 1. The number of benzene rings is 2. The number of hydrogen-bond donors (Lipinski definition) is 1. The van der Waals surface area contributed by atoms with Crippen molar-refractivity contribution in [2.45, 2.75) is 24.3 Å². The van der Waals surface area contributed by atoms with E-state index >= 15 is 0 Å². The van der Waals surface area contributed by atoms with Crippen LogP contribution in [0.4, 0.5) is 11.4 Å². The van der Waals surface area contributed by atoms with E-state index in [1.165, 1.54) is 30.0 Å². The van der Waals surface area contributed by atoms with Gasteiger partial charge in [0, 0.05) is 17.5 Å². The van der Waals surface area contributed by atoms with Crippen LogP contribution in [-0.2, 0) is 4.79 Å². The lowest BCUT2D eigenvalue weighted by Crippen LogP contribution is -2.23. The highest BCUT2D eigenvalue weighted by Crippen LogP contribution is 2.30. The quantitative estimate of drug-likeness (QED) is 0.269. The van der Waals surface area contributed by atoms with Crippen LogP contribution in [-0.4, -0.2) is 30.7 Å². The number of aryl methyl sites for hydroxylation is 1. The summed E-state index contributed by atoms with van der Waals surface area (Å²) in [6, 6.07) is 13.8. The second-order valence-corrected chi connectivity index (χ2v) is 8.41. The van der Waals surface area contributed by atoms with Gasteiger partial charge in [0.05, 0.1) is 26.4 Å². The van der Waals surface area contributed by atoms with E-state index < -0.39 is 10.2 Å². The molecular formula is C20H16ClN5O3S. The lowest BCUT2D eigenvalue weighted by atomic mass is 10.1. The number of nitro groups is 1. The van der Waals surface area contributed by atoms with E-state index in [0.717, 1.165) is 16.5 Å². The molecule has 4 aromatic rings. The van der Waals surface area contributed by atoms with Gasteiger partial charge < -0.3 is 5.32 Å². The van der Waals surface area contributed by atoms with E-state index in [1.807, 2.05) is 41.7 Å². The van der Waals surface area contributed by atoms with Crippen molar-refractivity contribution in [3.63, 3.8) is 0 Å². The SMILES string of the molecule is Cc1cc2nnc(SC(C)C(=O)Nc3ccc([N+](=O)[O-])cc3Cl)n2c2ccccc12. The molecule has 2 heterocycles. The molecular weight excluding hydrogens is 426 g/mol. The molecule has 0 aliphatic carbocycles. The average Bonchev–Trinajstić information content (AvgIpc) is 3.12. The minimum atomic E-state index is -0.543. The van der Waals surface area contributed by atoms with Gasteiger partial charge in [0.15, 0.2) is 10.8 Å². The van der Waals surface area contributed by atoms with E-state index in [1.54, 1.807) is 6.92 Å². The summed E-state index contributed by atoms with van der Waals surface area (Å²) in [6.07, 6.45) is 0. The number of nitrogens with zero attached hydrogens (tertiary/aromatic N) is 4. The Morgan fingerprint density at radius 1 is 1.23 bits per heavy atom. The number of carbonyl (C=O) groups excluding carboxylic acids is 1. The molecule has 0 aliphatic rings. The van der Waals surface area contributed by atoms with Gasteiger partial charge >= 0.3 is 0 Å². The van der Waals surface area contributed by atoms with Crippen molar-refractivity contribution >= 4 is 57.2 Å². The Kier molecular flexibility index (Phi) is 5.31. The van der Waals surface area contributed by atoms with Gasteiger partial charge in [0.25, 0.3) is 5.69 Å². The number of halogens is 1. The fourth-order valence-corrected chi connectivity index (χ4v) is 4.21. The summed E-state index contributed by atoms with van der Waals surface area (Å²) in [5.41, 5.74) is 2.94. The van der Waals surface area contributed by atoms with Crippen molar-refractivity contribution < 1.29 is 9.72 Å². The second kappa shape index (κ2) is 7.92. The number of anilines is 1. The Balaban J connectivity index is 1.59. The molecule has 2 aromatic carbocycles. The molecule has 8 nitrogen and oxygen atoms in total. The smallest absolute Gasteiger partial charge is 0.271 e. The molecule has 0 saturated carbocycles. The first-order valence-electron chi connectivity index (χ1n) is 9.00. The van der Waals surface area contributed by atoms with Gasteiger partial charge in [-0.05, 0) is 37.6 Å².